The number of carbonyl (C=O) groups excluding carboxylic acids is 1. The number of anilines is 3. The summed E-state index contributed by atoms with van der Waals surface area (Å²) in [6.07, 6.45) is 0.439. The van der Waals surface area contributed by atoms with Gasteiger partial charge in [0.25, 0.3) is 0 Å². The number of piperazine rings is 1. The molecule has 0 atom stereocenters. The van der Waals surface area contributed by atoms with Gasteiger partial charge in [-0.15, -0.1) is 0 Å². The zero-order valence-electron chi connectivity index (χ0n) is 15.7. The summed E-state index contributed by atoms with van der Waals surface area (Å²) in [5.41, 5.74) is 4.34. The van der Waals surface area contributed by atoms with Crippen molar-refractivity contribution in [2.24, 2.45) is 0 Å². The number of hydrogen-bond acceptors (Lipinski definition) is 4. The van der Waals surface area contributed by atoms with Gasteiger partial charge in [0.15, 0.2) is 0 Å². The number of likely N-dealkylation sites (N-methyl/N-ethyl adjacent to an activating group) is 1. The van der Waals surface area contributed by atoms with Gasteiger partial charge in [-0.2, -0.15) is 0 Å². The van der Waals surface area contributed by atoms with Crippen molar-refractivity contribution in [2.75, 3.05) is 55.3 Å². The number of aryl methyl sites for hydroxylation is 1. The second-order valence-corrected chi connectivity index (χ2v) is 6.93. The van der Waals surface area contributed by atoms with Crippen molar-refractivity contribution < 1.29 is 4.79 Å². The molecule has 0 saturated carbocycles. The second kappa shape index (κ2) is 8.72. The van der Waals surface area contributed by atoms with E-state index in [2.05, 4.69) is 58.7 Å². The van der Waals surface area contributed by atoms with E-state index in [4.69, 9.17) is 0 Å². The smallest absolute Gasteiger partial charge is 0.226 e. The molecule has 1 fully saturated rings. The molecule has 2 N–H and O–H groups in total. The zero-order chi connectivity index (χ0) is 18.4. The highest BCUT2D eigenvalue weighted by Crippen LogP contribution is 2.19. The molecule has 0 aliphatic carbocycles. The lowest BCUT2D eigenvalue weighted by molar-refractivity contribution is -0.115. The molecule has 5 heteroatoms. The molecule has 0 bridgehead atoms. The highest BCUT2D eigenvalue weighted by Gasteiger charge is 2.14. The first kappa shape index (κ1) is 18.3. The van der Waals surface area contributed by atoms with Crippen molar-refractivity contribution in [3.63, 3.8) is 0 Å². The SMILES string of the molecule is Cc1ccc(NCCC(=O)Nc2ccc(N3CCN(C)CC3)cc2)cc1. The Balaban J connectivity index is 1.43. The molecule has 0 spiro atoms. The van der Waals surface area contributed by atoms with Gasteiger partial charge >= 0.3 is 0 Å². The van der Waals surface area contributed by atoms with Gasteiger partial charge in [-0.05, 0) is 50.4 Å². The maximum Gasteiger partial charge on any atom is 0.226 e. The van der Waals surface area contributed by atoms with Crippen LogP contribution >= 0.6 is 0 Å². The molecule has 2 aromatic rings. The Bertz CT molecular complexity index is 704. The Hall–Kier alpha value is -2.53. The molecule has 0 radical (unpaired) electrons. The quantitative estimate of drug-likeness (QED) is 0.838. The standard InChI is InChI=1S/C21H28N4O/c1-17-3-5-18(6-4-17)22-12-11-21(26)23-19-7-9-20(10-8-19)25-15-13-24(2)14-16-25/h3-10,22H,11-16H2,1-2H3,(H,23,26). The van der Waals surface area contributed by atoms with E-state index in [0.717, 1.165) is 37.6 Å². The molecule has 1 saturated heterocycles. The summed E-state index contributed by atoms with van der Waals surface area (Å²) in [6, 6.07) is 16.3. The van der Waals surface area contributed by atoms with Gasteiger partial charge in [-0.1, -0.05) is 17.7 Å². The molecule has 138 valence electrons. The van der Waals surface area contributed by atoms with Crippen LogP contribution in [0.5, 0.6) is 0 Å². The van der Waals surface area contributed by atoms with Gasteiger partial charge in [-0.3, -0.25) is 4.79 Å². The first-order chi connectivity index (χ1) is 12.6. The van der Waals surface area contributed by atoms with Crippen LogP contribution in [0.1, 0.15) is 12.0 Å². The second-order valence-electron chi connectivity index (χ2n) is 6.93. The topological polar surface area (TPSA) is 47.6 Å². The van der Waals surface area contributed by atoms with Crippen LogP contribution in [-0.2, 0) is 4.79 Å². The summed E-state index contributed by atoms with van der Waals surface area (Å²) < 4.78 is 0. The Morgan fingerprint density at radius 2 is 1.54 bits per heavy atom. The van der Waals surface area contributed by atoms with Gasteiger partial charge < -0.3 is 20.4 Å². The van der Waals surface area contributed by atoms with Crippen molar-refractivity contribution in [3.8, 4) is 0 Å². The molecule has 1 aliphatic heterocycles. The van der Waals surface area contributed by atoms with E-state index in [-0.39, 0.29) is 5.91 Å². The van der Waals surface area contributed by atoms with Crippen molar-refractivity contribution >= 4 is 23.0 Å². The van der Waals surface area contributed by atoms with Gasteiger partial charge in [0, 0.05) is 56.2 Å². The van der Waals surface area contributed by atoms with Gasteiger partial charge in [0.05, 0.1) is 0 Å². The van der Waals surface area contributed by atoms with Crippen LogP contribution in [0.15, 0.2) is 48.5 Å². The van der Waals surface area contributed by atoms with Crippen LogP contribution in [0.25, 0.3) is 0 Å². The molecule has 5 nitrogen and oxygen atoms in total. The third kappa shape index (κ3) is 5.23. The lowest BCUT2D eigenvalue weighted by atomic mass is 10.2. The molecular formula is C21H28N4O. The molecule has 1 heterocycles. The van der Waals surface area contributed by atoms with E-state index in [0.29, 0.717) is 13.0 Å². The number of carbonyl (C=O) groups is 1. The van der Waals surface area contributed by atoms with Crippen molar-refractivity contribution in [3.05, 3.63) is 54.1 Å². The number of nitrogens with zero attached hydrogens (tertiary/aromatic N) is 2. The molecule has 26 heavy (non-hydrogen) atoms. The summed E-state index contributed by atoms with van der Waals surface area (Å²) in [4.78, 5) is 16.8. The Kier molecular flexibility index (Phi) is 6.12. The minimum absolute atomic E-state index is 0.0250. The number of nitrogens with one attached hydrogen (secondary N) is 2. The zero-order valence-corrected chi connectivity index (χ0v) is 15.7. The fraction of sp³-hybridized carbons (Fsp3) is 0.381. The first-order valence-corrected chi connectivity index (χ1v) is 9.24. The maximum atomic E-state index is 12.1. The normalized spacial score (nSPS) is 14.9. The van der Waals surface area contributed by atoms with Crippen LogP contribution in [0, 0.1) is 6.92 Å². The Morgan fingerprint density at radius 1 is 0.923 bits per heavy atom. The van der Waals surface area contributed by atoms with E-state index in [1.165, 1.54) is 11.3 Å². The number of rotatable bonds is 6. The van der Waals surface area contributed by atoms with E-state index in [1.807, 2.05) is 24.3 Å². The fourth-order valence-corrected chi connectivity index (χ4v) is 3.04. The molecule has 1 amide bonds. The lowest BCUT2D eigenvalue weighted by Crippen LogP contribution is -2.44. The van der Waals surface area contributed by atoms with E-state index in [1.54, 1.807) is 0 Å². The molecule has 0 aromatic heterocycles. The van der Waals surface area contributed by atoms with Gasteiger partial charge in [-0.25, -0.2) is 0 Å². The third-order valence-electron chi connectivity index (χ3n) is 4.75. The van der Waals surface area contributed by atoms with Crippen LogP contribution in [-0.4, -0.2) is 50.6 Å². The molecule has 2 aromatic carbocycles. The van der Waals surface area contributed by atoms with Crippen LogP contribution in [0.4, 0.5) is 17.1 Å². The van der Waals surface area contributed by atoms with Crippen molar-refractivity contribution in [1.29, 1.82) is 0 Å². The van der Waals surface area contributed by atoms with Crippen LogP contribution in [0.3, 0.4) is 0 Å². The molecule has 3 rings (SSSR count). The summed E-state index contributed by atoms with van der Waals surface area (Å²) in [5, 5.41) is 6.24. The maximum absolute atomic E-state index is 12.1. The summed E-state index contributed by atoms with van der Waals surface area (Å²) in [5.74, 6) is 0.0250. The highest BCUT2D eigenvalue weighted by molar-refractivity contribution is 5.91. The van der Waals surface area contributed by atoms with Gasteiger partial charge in [0.1, 0.15) is 0 Å². The molecule has 1 aliphatic rings. The van der Waals surface area contributed by atoms with Crippen LogP contribution < -0.4 is 15.5 Å². The van der Waals surface area contributed by atoms with E-state index in [9.17, 15) is 4.79 Å². The first-order valence-electron chi connectivity index (χ1n) is 9.24. The Labute approximate surface area is 156 Å². The minimum Gasteiger partial charge on any atom is -0.385 e. The van der Waals surface area contributed by atoms with E-state index < -0.39 is 0 Å². The summed E-state index contributed by atoms with van der Waals surface area (Å²) in [6.45, 7) is 6.96. The fourth-order valence-electron chi connectivity index (χ4n) is 3.04. The van der Waals surface area contributed by atoms with E-state index >= 15 is 0 Å². The van der Waals surface area contributed by atoms with Gasteiger partial charge in [0.2, 0.25) is 5.91 Å². The average Bonchev–Trinajstić information content (AvgIpc) is 2.65. The number of benzene rings is 2. The average molecular weight is 352 g/mol. The Morgan fingerprint density at radius 3 is 2.19 bits per heavy atom. The predicted octanol–water partition coefficient (Wildman–Crippen LogP) is 3.19. The minimum atomic E-state index is 0.0250. The summed E-state index contributed by atoms with van der Waals surface area (Å²) in [7, 11) is 2.16. The van der Waals surface area contributed by atoms with Crippen molar-refractivity contribution in [2.45, 2.75) is 13.3 Å². The lowest BCUT2D eigenvalue weighted by Gasteiger charge is -2.34. The molecule has 0 unspecified atom stereocenters. The largest absolute Gasteiger partial charge is 0.385 e. The number of hydrogen-bond donors (Lipinski definition) is 2. The number of amides is 1. The summed E-state index contributed by atoms with van der Waals surface area (Å²) >= 11 is 0. The predicted molar refractivity (Wildman–Crippen MR) is 109 cm³/mol. The van der Waals surface area contributed by atoms with Crippen molar-refractivity contribution in [1.82, 2.24) is 4.90 Å². The molecular weight excluding hydrogens is 324 g/mol. The highest BCUT2D eigenvalue weighted by atomic mass is 16.1. The monoisotopic (exact) mass is 352 g/mol. The third-order valence-corrected chi connectivity index (χ3v) is 4.75. The van der Waals surface area contributed by atoms with Crippen LogP contribution in [0.2, 0.25) is 0 Å².